The highest BCUT2D eigenvalue weighted by molar-refractivity contribution is 5.85. The number of nitrogens with one attached hydrogen (secondary N) is 4. The maximum Gasteiger partial charge on any atom is 0.315 e. The zero-order chi connectivity index (χ0) is 14.1. The molecule has 1 fully saturated rings. The van der Waals surface area contributed by atoms with Crippen LogP contribution in [0, 0.1) is 0 Å². The predicted octanol–water partition coefficient (Wildman–Crippen LogP) is 0.764. The first-order valence-corrected chi connectivity index (χ1v) is 7.10. The van der Waals surface area contributed by atoms with Crippen LogP contribution in [0.25, 0.3) is 0 Å². The second-order valence-corrected chi connectivity index (χ2v) is 5.16. The summed E-state index contributed by atoms with van der Waals surface area (Å²) in [4.78, 5) is 23.1. The first-order chi connectivity index (χ1) is 9.11. The van der Waals surface area contributed by atoms with E-state index in [0.29, 0.717) is 6.54 Å². The number of hydrogen-bond donors (Lipinski definition) is 4. The minimum atomic E-state index is -0.247. The van der Waals surface area contributed by atoms with Gasteiger partial charge in [-0.05, 0) is 26.8 Å². The fraction of sp³-hybridized carbons (Fsp3) is 0.846. The van der Waals surface area contributed by atoms with E-state index in [4.69, 9.17) is 0 Å². The molecule has 0 aromatic rings. The van der Waals surface area contributed by atoms with Crippen LogP contribution in [0.4, 0.5) is 4.79 Å². The minimum Gasteiger partial charge on any atom is -0.353 e. The number of hydrogen-bond acceptors (Lipinski definition) is 3. The van der Waals surface area contributed by atoms with Crippen LogP contribution in [0.15, 0.2) is 0 Å². The third kappa shape index (κ3) is 8.22. The molecule has 0 aliphatic heterocycles. The van der Waals surface area contributed by atoms with Gasteiger partial charge >= 0.3 is 6.03 Å². The van der Waals surface area contributed by atoms with Crippen molar-refractivity contribution in [3.63, 3.8) is 0 Å². The van der Waals surface area contributed by atoms with Crippen LogP contribution in [-0.4, -0.2) is 44.2 Å². The normalized spacial score (nSPS) is 16.7. The highest BCUT2D eigenvalue weighted by Gasteiger charge is 2.15. The average Bonchev–Trinajstić information content (AvgIpc) is 2.43. The van der Waals surface area contributed by atoms with Crippen molar-refractivity contribution in [2.24, 2.45) is 0 Å². The Labute approximate surface area is 127 Å². The van der Waals surface area contributed by atoms with Gasteiger partial charge in [-0.15, -0.1) is 12.4 Å². The number of urea groups is 1. The maximum atomic E-state index is 11.6. The monoisotopic (exact) mass is 306 g/mol. The second-order valence-electron chi connectivity index (χ2n) is 5.16. The van der Waals surface area contributed by atoms with Crippen molar-refractivity contribution < 1.29 is 9.59 Å². The first kappa shape index (κ1) is 19.0. The van der Waals surface area contributed by atoms with Crippen molar-refractivity contribution >= 4 is 24.3 Å². The summed E-state index contributed by atoms with van der Waals surface area (Å²) in [6, 6.07) is 0.241. The lowest BCUT2D eigenvalue weighted by atomic mass is 9.96. The zero-order valence-electron chi connectivity index (χ0n) is 12.3. The van der Waals surface area contributed by atoms with Crippen LogP contribution in [0.2, 0.25) is 0 Å². The number of carbonyl (C=O) groups excluding carboxylic acids is 2. The SMILES string of the molecule is CNC(C)CNC(=O)CNC(=O)NC1CCCCC1.Cl. The smallest absolute Gasteiger partial charge is 0.315 e. The van der Waals surface area contributed by atoms with E-state index in [0.717, 1.165) is 12.8 Å². The molecule has 0 aromatic heterocycles. The number of likely N-dealkylation sites (N-methyl/N-ethyl adjacent to an activating group) is 1. The molecular weight excluding hydrogens is 280 g/mol. The Morgan fingerprint density at radius 2 is 1.80 bits per heavy atom. The summed E-state index contributed by atoms with van der Waals surface area (Å²) in [5.74, 6) is -0.166. The standard InChI is InChI=1S/C13H26N4O2.ClH/c1-10(14-2)8-15-12(18)9-16-13(19)17-11-6-4-3-5-7-11;/h10-11,14H,3-9H2,1-2H3,(H,15,18)(H2,16,17,19);1H. The molecule has 3 amide bonds. The van der Waals surface area contributed by atoms with Gasteiger partial charge < -0.3 is 21.3 Å². The van der Waals surface area contributed by atoms with Gasteiger partial charge in [-0.1, -0.05) is 19.3 Å². The average molecular weight is 307 g/mol. The summed E-state index contributed by atoms with van der Waals surface area (Å²) in [5.41, 5.74) is 0. The van der Waals surface area contributed by atoms with Crippen molar-refractivity contribution in [2.45, 2.75) is 51.1 Å². The van der Waals surface area contributed by atoms with Crippen LogP contribution in [0.5, 0.6) is 0 Å². The van der Waals surface area contributed by atoms with Crippen LogP contribution >= 0.6 is 12.4 Å². The third-order valence-corrected chi connectivity index (χ3v) is 3.45. The Kier molecular flexibility index (Phi) is 10.2. The molecule has 1 unspecified atom stereocenters. The van der Waals surface area contributed by atoms with Gasteiger partial charge in [0.2, 0.25) is 5.91 Å². The van der Waals surface area contributed by atoms with Crippen molar-refractivity contribution in [3.05, 3.63) is 0 Å². The summed E-state index contributed by atoms with van der Waals surface area (Å²) < 4.78 is 0. The molecule has 118 valence electrons. The van der Waals surface area contributed by atoms with Gasteiger partial charge in [-0.3, -0.25) is 4.79 Å². The topological polar surface area (TPSA) is 82.3 Å². The molecule has 4 N–H and O–H groups in total. The molecule has 0 heterocycles. The molecule has 20 heavy (non-hydrogen) atoms. The van der Waals surface area contributed by atoms with E-state index >= 15 is 0 Å². The first-order valence-electron chi connectivity index (χ1n) is 7.10. The quantitative estimate of drug-likeness (QED) is 0.585. The predicted molar refractivity (Wildman–Crippen MR) is 82.2 cm³/mol. The Morgan fingerprint density at radius 1 is 1.15 bits per heavy atom. The third-order valence-electron chi connectivity index (χ3n) is 3.45. The van der Waals surface area contributed by atoms with E-state index < -0.39 is 0 Å². The van der Waals surface area contributed by atoms with E-state index in [2.05, 4.69) is 21.3 Å². The molecule has 1 aliphatic rings. The van der Waals surface area contributed by atoms with Crippen LogP contribution in [0.1, 0.15) is 39.0 Å². The molecular formula is C13H27ClN4O2. The molecule has 0 bridgehead atoms. The van der Waals surface area contributed by atoms with Crippen molar-refractivity contribution in [2.75, 3.05) is 20.1 Å². The second kappa shape index (κ2) is 10.7. The Hall–Kier alpha value is -1.01. The van der Waals surface area contributed by atoms with Crippen LogP contribution in [0.3, 0.4) is 0 Å². The highest BCUT2D eigenvalue weighted by Crippen LogP contribution is 2.16. The number of halogens is 1. The summed E-state index contributed by atoms with van der Waals surface area (Å²) >= 11 is 0. The summed E-state index contributed by atoms with van der Waals surface area (Å²) in [7, 11) is 1.84. The maximum absolute atomic E-state index is 11.6. The van der Waals surface area contributed by atoms with Crippen LogP contribution in [-0.2, 0) is 4.79 Å². The van der Waals surface area contributed by atoms with Crippen LogP contribution < -0.4 is 21.3 Å². The van der Waals surface area contributed by atoms with Gasteiger partial charge in [0.05, 0.1) is 6.54 Å². The molecule has 0 spiro atoms. The van der Waals surface area contributed by atoms with Gasteiger partial charge in [0.25, 0.3) is 0 Å². The number of rotatable bonds is 6. The minimum absolute atomic E-state index is 0. The molecule has 6 nitrogen and oxygen atoms in total. The van der Waals surface area contributed by atoms with Gasteiger partial charge in [-0.2, -0.15) is 0 Å². The van der Waals surface area contributed by atoms with E-state index in [1.807, 2.05) is 14.0 Å². The van der Waals surface area contributed by atoms with E-state index in [1.165, 1.54) is 19.3 Å². The molecule has 1 rings (SSSR count). The Balaban J connectivity index is 0.00000361. The van der Waals surface area contributed by atoms with Crippen molar-refractivity contribution in [1.29, 1.82) is 0 Å². The molecule has 0 saturated heterocycles. The Morgan fingerprint density at radius 3 is 2.40 bits per heavy atom. The Bertz CT molecular complexity index is 296. The summed E-state index contributed by atoms with van der Waals surface area (Å²) in [5, 5.41) is 11.3. The van der Waals surface area contributed by atoms with Gasteiger partial charge in [-0.25, -0.2) is 4.79 Å². The largest absolute Gasteiger partial charge is 0.353 e. The van der Waals surface area contributed by atoms with E-state index in [1.54, 1.807) is 0 Å². The lowest BCUT2D eigenvalue weighted by Gasteiger charge is -2.22. The molecule has 1 saturated carbocycles. The van der Waals surface area contributed by atoms with E-state index in [-0.39, 0.29) is 43.0 Å². The molecule has 0 aromatic carbocycles. The van der Waals surface area contributed by atoms with Gasteiger partial charge in [0, 0.05) is 18.6 Å². The summed E-state index contributed by atoms with van der Waals surface area (Å²) in [6.07, 6.45) is 5.69. The van der Waals surface area contributed by atoms with E-state index in [9.17, 15) is 9.59 Å². The highest BCUT2D eigenvalue weighted by atomic mass is 35.5. The van der Waals surface area contributed by atoms with Crippen molar-refractivity contribution in [1.82, 2.24) is 21.3 Å². The molecule has 1 atom stereocenters. The molecule has 0 radical (unpaired) electrons. The van der Waals surface area contributed by atoms with Gasteiger partial charge in [0.15, 0.2) is 0 Å². The lowest BCUT2D eigenvalue weighted by molar-refractivity contribution is -0.120. The van der Waals surface area contributed by atoms with Gasteiger partial charge in [0.1, 0.15) is 0 Å². The molecule has 7 heteroatoms. The number of amides is 3. The fourth-order valence-corrected chi connectivity index (χ4v) is 2.08. The zero-order valence-corrected chi connectivity index (χ0v) is 13.1. The lowest BCUT2D eigenvalue weighted by Crippen LogP contribution is -2.47. The van der Waals surface area contributed by atoms with Crippen molar-refractivity contribution in [3.8, 4) is 0 Å². The molecule has 1 aliphatic carbocycles. The number of carbonyl (C=O) groups is 2. The fourth-order valence-electron chi connectivity index (χ4n) is 2.08. The summed E-state index contributed by atoms with van der Waals surface area (Å²) in [6.45, 7) is 2.56.